The number of anilines is 3. The Hall–Kier alpha value is -1.45. The van der Waals surface area contributed by atoms with Crippen molar-refractivity contribution < 1.29 is 0 Å². The molecule has 0 aliphatic rings. The smallest absolute Gasteiger partial charge is 0.154 e. The Balaban J connectivity index is 2.42. The average Bonchev–Trinajstić information content (AvgIpc) is 2.34. The molecule has 0 unspecified atom stereocenters. The van der Waals surface area contributed by atoms with Gasteiger partial charge in [0.2, 0.25) is 0 Å². The molecule has 3 nitrogen and oxygen atoms in total. The van der Waals surface area contributed by atoms with Crippen molar-refractivity contribution in [2.24, 2.45) is 0 Å². The number of rotatable bonds is 2. The fraction of sp³-hybridized carbons (Fsp3) is 0.154. The second-order valence-electron chi connectivity index (χ2n) is 4.06. The lowest BCUT2D eigenvalue weighted by atomic mass is 10.2. The number of nitrogens with zero attached hydrogens (tertiary/aromatic N) is 2. The van der Waals surface area contributed by atoms with Crippen LogP contribution in [0.15, 0.2) is 30.3 Å². The fourth-order valence-corrected chi connectivity index (χ4v) is 2.08. The molecule has 0 radical (unpaired) electrons. The molecular weight excluding hydrogens is 269 g/mol. The van der Waals surface area contributed by atoms with Gasteiger partial charge in [-0.1, -0.05) is 40.9 Å². The van der Waals surface area contributed by atoms with Gasteiger partial charge in [0.25, 0.3) is 0 Å². The number of hydrogen-bond acceptors (Lipinski definition) is 3. The second kappa shape index (κ2) is 5.04. The fourth-order valence-electron chi connectivity index (χ4n) is 1.60. The van der Waals surface area contributed by atoms with E-state index in [4.69, 9.17) is 28.9 Å². The molecule has 0 spiro atoms. The van der Waals surface area contributed by atoms with Crippen molar-refractivity contribution in [3.63, 3.8) is 0 Å². The van der Waals surface area contributed by atoms with Gasteiger partial charge in [-0.25, -0.2) is 4.98 Å². The van der Waals surface area contributed by atoms with Crippen LogP contribution in [-0.4, -0.2) is 12.0 Å². The molecule has 2 rings (SSSR count). The van der Waals surface area contributed by atoms with Crippen LogP contribution in [0.25, 0.3) is 0 Å². The van der Waals surface area contributed by atoms with E-state index in [0.717, 1.165) is 5.69 Å². The van der Waals surface area contributed by atoms with E-state index in [9.17, 15) is 0 Å². The minimum Gasteiger partial charge on any atom is -0.382 e. The van der Waals surface area contributed by atoms with Crippen LogP contribution in [0.1, 0.15) is 5.56 Å². The largest absolute Gasteiger partial charge is 0.382 e. The topological polar surface area (TPSA) is 42.2 Å². The molecule has 0 amide bonds. The summed E-state index contributed by atoms with van der Waals surface area (Å²) in [6.45, 7) is 2.04. The number of aryl methyl sites for hydroxylation is 1. The van der Waals surface area contributed by atoms with Crippen LogP contribution < -0.4 is 10.6 Å². The van der Waals surface area contributed by atoms with Crippen molar-refractivity contribution in [1.29, 1.82) is 0 Å². The van der Waals surface area contributed by atoms with E-state index in [-0.39, 0.29) is 5.82 Å². The van der Waals surface area contributed by atoms with Crippen LogP contribution in [0, 0.1) is 6.92 Å². The third kappa shape index (κ3) is 2.52. The van der Waals surface area contributed by atoms with Gasteiger partial charge in [-0.05, 0) is 25.1 Å². The van der Waals surface area contributed by atoms with E-state index in [1.807, 2.05) is 43.1 Å². The summed E-state index contributed by atoms with van der Waals surface area (Å²) in [5.74, 6) is 0.859. The molecule has 2 aromatic rings. The van der Waals surface area contributed by atoms with Crippen molar-refractivity contribution in [3.8, 4) is 0 Å². The van der Waals surface area contributed by atoms with Crippen molar-refractivity contribution in [1.82, 2.24) is 4.98 Å². The first-order valence-electron chi connectivity index (χ1n) is 5.41. The highest BCUT2D eigenvalue weighted by Crippen LogP contribution is 2.32. The van der Waals surface area contributed by atoms with Crippen LogP contribution in [0.3, 0.4) is 0 Å². The summed E-state index contributed by atoms with van der Waals surface area (Å²) in [6.07, 6.45) is 0. The van der Waals surface area contributed by atoms with Gasteiger partial charge in [-0.2, -0.15) is 0 Å². The molecule has 2 N–H and O–H groups in total. The lowest BCUT2D eigenvalue weighted by Gasteiger charge is -2.20. The molecule has 0 fully saturated rings. The summed E-state index contributed by atoms with van der Waals surface area (Å²) in [5.41, 5.74) is 7.88. The third-order valence-electron chi connectivity index (χ3n) is 2.68. The number of pyridine rings is 1. The van der Waals surface area contributed by atoms with E-state index in [1.165, 1.54) is 5.56 Å². The number of hydrogen-bond donors (Lipinski definition) is 1. The van der Waals surface area contributed by atoms with Gasteiger partial charge < -0.3 is 10.6 Å². The summed E-state index contributed by atoms with van der Waals surface area (Å²) in [7, 11) is 1.88. The Morgan fingerprint density at radius 1 is 1.11 bits per heavy atom. The summed E-state index contributed by atoms with van der Waals surface area (Å²) in [4.78, 5) is 6.08. The second-order valence-corrected chi connectivity index (χ2v) is 4.87. The molecule has 0 bridgehead atoms. The Labute approximate surface area is 116 Å². The zero-order chi connectivity index (χ0) is 13.3. The van der Waals surface area contributed by atoms with Gasteiger partial charge in [0.15, 0.2) is 5.82 Å². The number of benzene rings is 1. The van der Waals surface area contributed by atoms with Crippen LogP contribution in [-0.2, 0) is 0 Å². The molecule has 0 aliphatic heterocycles. The van der Waals surface area contributed by atoms with E-state index in [1.54, 1.807) is 6.07 Å². The first-order valence-corrected chi connectivity index (χ1v) is 6.16. The first kappa shape index (κ1) is 13.0. The molecule has 5 heteroatoms. The highest BCUT2D eigenvalue weighted by atomic mass is 35.5. The van der Waals surface area contributed by atoms with Crippen LogP contribution in [0.5, 0.6) is 0 Å². The number of nitrogens with two attached hydrogens (primary N) is 1. The molecule has 0 atom stereocenters. The van der Waals surface area contributed by atoms with Crippen molar-refractivity contribution in [3.05, 3.63) is 45.9 Å². The van der Waals surface area contributed by atoms with Gasteiger partial charge >= 0.3 is 0 Å². The normalized spacial score (nSPS) is 10.4. The highest BCUT2D eigenvalue weighted by molar-refractivity contribution is 6.37. The van der Waals surface area contributed by atoms with Gasteiger partial charge in [0.05, 0.1) is 10.0 Å². The lowest BCUT2D eigenvalue weighted by Crippen LogP contribution is -2.12. The van der Waals surface area contributed by atoms with Crippen molar-refractivity contribution in [2.75, 3.05) is 17.7 Å². The van der Waals surface area contributed by atoms with Gasteiger partial charge in [0, 0.05) is 12.7 Å². The number of nitrogen functional groups attached to an aromatic ring is 1. The van der Waals surface area contributed by atoms with Crippen LogP contribution in [0.2, 0.25) is 10.0 Å². The van der Waals surface area contributed by atoms with Gasteiger partial charge in [0.1, 0.15) is 5.82 Å². The predicted molar refractivity (Wildman–Crippen MR) is 77.9 cm³/mol. The Kier molecular flexibility index (Phi) is 3.64. The molecule has 94 valence electrons. The zero-order valence-electron chi connectivity index (χ0n) is 10.1. The summed E-state index contributed by atoms with van der Waals surface area (Å²) < 4.78 is 0. The third-order valence-corrected chi connectivity index (χ3v) is 3.26. The number of aromatic nitrogens is 1. The minimum atomic E-state index is 0.273. The van der Waals surface area contributed by atoms with E-state index >= 15 is 0 Å². The lowest BCUT2D eigenvalue weighted by molar-refractivity contribution is 1.13. The van der Waals surface area contributed by atoms with Crippen molar-refractivity contribution >= 4 is 40.5 Å². The molecule has 0 aliphatic carbocycles. The molecule has 0 saturated heterocycles. The van der Waals surface area contributed by atoms with Crippen LogP contribution >= 0.6 is 23.2 Å². The first-order chi connectivity index (χ1) is 8.49. The standard InChI is InChI=1S/C13H13Cl2N3/c1-8-3-5-9(6-4-8)18(2)13-11(15)7-10(14)12(16)17-13/h3-7H,1-2H3,(H2,16,17). The minimum absolute atomic E-state index is 0.273. The predicted octanol–water partition coefficient (Wildman–Crippen LogP) is 4.05. The van der Waals surface area contributed by atoms with Gasteiger partial charge in [-0.15, -0.1) is 0 Å². The summed E-state index contributed by atoms with van der Waals surface area (Å²) >= 11 is 12.0. The molecular formula is C13H13Cl2N3. The molecule has 18 heavy (non-hydrogen) atoms. The van der Waals surface area contributed by atoms with Gasteiger partial charge in [-0.3, -0.25) is 0 Å². The maximum atomic E-state index is 6.13. The zero-order valence-corrected chi connectivity index (χ0v) is 11.6. The van der Waals surface area contributed by atoms with Crippen molar-refractivity contribution in [2.45, 2.75) is 6.92 Å². The Morgan fingerprint density at radius 2 is 1.72 bits per heavy atom. The summed E-state index contributed by atoms with van der Waals surface area (Å²) in [5, 5.41) is 0.832. The van der Waals surface area contributed by atoms with E-state index < -0.39 is 0 Å². The molecule has 1 aromatic carbocycles. The van der Waals surface area contributed by atoms with E-state index in [0.29, 0.717) is 15.9 Å². The average molecular weight is 282 g/mol. The quantitative estimate of drug-likeness (QED) is 0.903. The maximum Gasteiger partial charge on any atom is 0.154 e. The SMILES string of the molecule is Cc1ccc(N(C)c2nc(N)c(Cl)cc2Cl)cc1. The molecule has 0 saturated carbocycles. The molecule has 1 aromatic heterocycles. The maximum absolute atomic E-state index is 6.13. The Morgan fingerprint density at radius 3 is 2.33 bits per heavy atom. The summed E-state index contributed by atoms with van der Waals surface area (Å²) in [6, 6.07) is 9.65. The van der Waals surface area contributed by atoms with E-state index in [2.05, 4.69) is 4.98 Å². The molecule has 1 heterocycles. The highest BCUT2D eigenvalue weighted by Gasteiger charge is 2.12. The monoisotopic (exact) mass is 281 g/mol. The number of halogens is 2. The van der Waals surface area contributed by atoms with Crippen LogP contribution in [0.4, 0.5) is 17.3 Å². The Bertz CT molecular complexity index is 567.